The molecule has 1 atom stereocenters. The van der Waals surface area contributed by atoms with Crippen LogP contribution < -0.4 is 0 Å². The van der Waals surface area contributed by atoms with E-state index in [0.29, 0.717) is 25.7 Å². The first kappa shape index (κ1) is 49.9. The molecule has 0 saturated heterocycles. The molecule has 0 aromatic carbocycles. The fourth-order valence-corrected chi connectivity index (χ4v) is 4.57. The van der Waals surface area contributed by atoms with Gasteiger partial charge in [0, 0.05) is 12.8 Å². The summed E-state index contributed by atoms with van der Waals surface area (Å²) >= 11 is 0. The van der Waals surface area contributed by atoms with E-state index in [-0.39, 0.29) is 19.4 Å². The van der Waals surface area contributed by atoms with Crippen LogP contribution >= 0.6 is 7.82 Å². The average Bonchev–Trinajstić information content (AvgIpc) is 3.14. The first-order valence-electron chi connectivity index (χ1n) is 19.2. The molecular formula is C45H65O8P. The van der Waals surface area contributed by atoms with Crippen LogP contribution in [0.4, 0.5) is 0 Å². The van der Waals surface area contributed by atoms with Crippen LogP contribution in [0.25, 0.3) is 0 Å². The number of carbonyl (C=O) groups is 2. The van der Waals surface area contributed by atoms with E-state index >= 15 is 0 Å². The maximum absolute atomic E-state index is 12.3. The van der Waals surface area contributed by atoms with Crippen molar-refractivity contribution in [3.63, 3.8) is 0 Å². The van der Waals surface area contributed by atoms with Crippen molar-refractivity contribution in [3.8, 4) is 0 Å². The van der Waals surface area contributed by atoms with Gasteiger partial charge >= 0.3 is 19.8 Å². The van der Waals surface area contributed by atoms with Crippen molar-refractivity contribution in [2.24, 2.45) is 0 Å². The second kappa shape index (κ2) is 38.6. The molecule has 298 valence electrons. The topological polar surface area (TPSA) is 119 Å². The van der Waals surface area contributed by atoms with Gasteiger partial charge in [-0.25, -0.2) is 4.57 Å². The van der Waals surface area contributed by atoms with Gasteiger partial charge in [0.2, 0.25) is 0 Å². The molecule has 0 aliphatic carbocycles. The van der Waals surface area contributed by atoms with Gasteiger partial charge < -0.3 is 19.3 Å². The van der Waals surface area contributed by atoms with E-state index in [2.05, 4.69) is 97.4 Å². The number of carbonyl (C=O) groups excluding carboxylic acids is 2. The minimum Gasteiger partial charge on any atom is -0.462 e. The molecule has 0 bridgehead atoms. The Morgan fingerprint density at radius 3 is 1.35 bits per heavy atom. The second-order valence-corrected chi connectivity index (χ2v) is 13.1. The lowest BCUT2D eigenvalue weighted by molar-refractivity contribution is -0.161. The van der Waals surface area contributed by atoms with Crippen molar-refractivity contribution >= 4 is 19.8 Å². The number of phosphoric ester groups is 1. The maximum Gasteiger partial charge on any atom is 0.469 e. The summed E-state index contributed by atoms with van der Waals surface area (Å²) in [4.78, 5) is 42.7. The summed E-state index contributed by atoms with van der Waals surface area (Å²) in [6, 6.07) is 0. The summed E-state index contributed by atoms with van der Waals surface area (Å²) in [5.41, 5.74) is 0. The van der Waals surface area contributed by atoms with Gasteiger partial charge in [-0.2, -0.15) is 0 Å². The molecule has 0 amide bonds. The van der Waals surface area contributed by atoms with Gasteiger partial charge in [0.05, 0.1) is 6.61 Å². The van der Waals surface area contributed by atoms with Gasteiger partial charge in [0.1, 0.15) is 6.61 Å². The Labute approximate surface area is 325 Å². The van der Waals surface area contributed by atoms with Crippen molar-refractivity contribution in [2.45, 2.75) is 110 Å². The van der Waals surface area contributed by atoms with E-state index in [1.54, 1.807) is 0 Å². The third-order valence-corrected chi connectivity index (χ3v) is 7.47. The predicted molar refractivity (Wildman–Crippen MR) is 225 cm³/mol. The summed E-state index contributed by atoms with van der Waals surface area (Å²) < 4.78 is 26.2. The zero-order valence-electron chi connectivity index (χ0n) is 32.5. The quantitative estimate of drug-likeness (QED) is 0.0228. The Morgan fingerprint density at radius 2 is 0.889 bits per heavy atom. The Morgan fingerprint density at radius 1 is 0.500 bits per heavy atom. The maximum atomic E-state index is 12.3. The highest BCUT2D eigenvalue weighted by Crippen LogP contribution is 2.35. The number of phosphoric acid groups is 1. The van der Waals surface area contributed by atoms with Gasteiger partial charge in [-0.1, -0.05) is 160 Å². The fraction of sp³-hybridized carbons (Fsp3) is 0.422. The van der Waals surface area contributed by atoms with Crippen LogP contribution in [0.3, 0.4) is 0 Å². The Bertz CT molecular complexity index is 1370. The lowest BCUT2D eigenvalue weighted by Gasteiger charge is -2.18. The van der Waals surface area contributed by atoms with Gasteiger partial charge in [-0.15, -0.1) is 0 Å². The van der Waals surface area contributed by atoms with Crippen LogP contribution in [0.15, 0.2) is 146 Å². The average molecular weight is 765 g/mol. The molecule has 0 aliphatic rings. The molecule has 9 heteroatoms. The Balaban J connectivity index is 4.20. The smallest absolute Gasteiger partial charge is 0.462 e. The largest absolute Gasteiger partial charge is 0.469 e. The molecule has 0 fully saturated rings. The molecule has 54 heavy (non-hydrogen) atoms. The van der Waals surface area contributed by atoms with Crippen LogP contribution in [-0.2, 0) is 28.2 Å². The monoisotopic (exact) mass is 764 g/mol. The molecule has 0 spiro atoms. The van der Waals surface area contributed by atoms with Crippen LogP contribution in [-0.4, -0.2) is 41.0 Å². The van der Waals surface area contributed by atoms with Gasteiger partial charge in [-0.3, -0.25) is 14.1 Å². The number of esters is 2. The molecule has 0 aliphatic heterocycles. The first-order chi connectivity index (χ1) is 26.3. The van der Waals surface area contributed by atoms with E-state index in [9.17, 15) is 14.2 Å². The number of hydrogen-bond donors (Lipinski definition) is 2. The normalized spacial score (nSPS) is 14.1. The molecule has 2 N–H and O–H groups in total. The van der Waals surface area contributed by atoms with Crippen molar-refractivity contribution in [2.75, 3.05) is 13.2 Å². The summed E-state index contributed by atoms with van der Waals surface area (Å²) in [6.07, 6.45) is 58.7. The highest BCUT2D eigenvalue weighted by molar-refractivity contribution is 7.46. The summed E-state index contributed by atoms with van der Waals surface area (Å²) in [5.74, 6) is -1.06. The summed E-state index contributed by atoms with van der Waals surface area (Å²) in [5, 5.41) is 0. The van der Waals surface area contributed by atoms with E-state index in [1.165, 1.54) is 0 Å². The zero-order valence-corrected chi connectivity index (χ0v) is 33.4. The third-order valence-electron chi connectivity index (χ3n) is 6.98. The number of allylic oxidation sites excluding steroid dienone is 24. The zero-order chi connectivity index (χ0) is 39.6. The Kier molecular flexibility index (Phi) is 35.7. The van der Waals surface area contributed by atoms with Crippen LogP contribution in [0, 0.1) is 0 Å². The first-order valence-corrected chi connectivity index (χ1v) is 20.7. The molecule has 8 nitrogen and oxygen atoms in total. The van der Waals surface area contributed by atoms with Crippen molar-refractivity contribution in [1.82, 2.24) is 0 Å². The molecule has 0 saturated carbocycles. The molecule has 1 unspecified atom stereocenters. The summed E-state index contributed by atoms with van der Waals surface area (Å²) in [7, 11) is -4.80. The standard InChI is InChI=1S/C45H65O8P/c1-3-5-7-9-11-13-15-17-18-19-20-21-22-23-24-25-26-28-29-31-33-35-37-39-44(46)51-41-43(42-52-54(48,49)50)53-45(47)40-38-36-34-32-30-27-16-14-12-10-8-6-4-2/h5-8,10-14,16-18,20-21,23-24,26-28,30-34,43H,3-4,9,15,19,22,25,29,35-42H2,1-2H3,(H2,48,49,50)/b7-5+,8-6+,12-10+,13-11+,16-14+,18-17+,21-20+,24-23+,28-26+,30-27+,33-31+,34-32+. The summed E-state index contributed by atoms with van der Waals surface area (Å²) in [6.45, 7) is 3.27. The van der Waals surface area contributed by atoms with Crippen LogP contribution in [0.2, 0.25) is 0 Å². The molecule has 0 rings (SSSR count). The number of rotatable bonds is 32. The number of unbranched alkanes of at least 4 members (excludes halogenated alkanes) is 2. The molecule has 0 aromatic heterocycles. The van der Waals surface area contributed by atoms with Crippen molar-refractivity contribution < 1.29 is 37.9 Å². The highest BCUT2D eigenvalue weighted by atomic mass is 31.2. The fourth-order valence-electron chi connectivity index (χ4n) is 4.21. The van der Waals surface area contributed by atoms with Gasteiger partial charge in [-0.05, 0) is 77.0 Å². The van der Waals surface area contributed by atoms with Crippen molar-refractivity contribution in [1.29, 1.82) is 0 Å². The lowest BCUT2D eigenvalue weighted by atomic mass is 10.2. The van der Waals surface area contributed by atoms with E-state index < -0.39 is 32.5 Å². The lowest BCUT2D eigenvalue weighted by Crippen LogP contribution is -2.29. The van der Waals surface area contributed by atoms with Crippen LogP contribution in [0.1, 0.15) is 104 Å². The Hall–Kier alpha value is -4.07. The van der Waals surface area contributed by atoms with E-state index in [0.717, 1.165) is 51.4 Å². The van der Waals surface area contributed by atoms with E-state index in [1.807, 2.05) is 66.8 Å². The van der Waals surface area contributed by atoms with Crippen LogP contribution in [0.5, 0.6) is 0 Å². The molecule has 0 heterocycles. The minimum absolute atomic E-state index is 0.0926. The predicted octanol–water partition coefficient (Wildman–Crippen LogP) is 11.7. The number of hydrogen-bond acceptors (Lipinski definition) is 6. The SMILES string of the molecule is CC/C=C/C=C/C=C/C=C/C=C/CCCC(=O)OC(COC(=O)CCC/C=C/C/C=C/C/C=C/C/C=C/C/C=C/C/C=C/C/C=C/CC)COP(=O)(O)O. The van der Waals surface area contributed by atoms with E-state index in [4.69, 9.17) is 19.3 Å². The number of ether oxygens (including phenoxy) is 2. The molecule has 0 radical (unpaired) electrons. The molecule has 0 aromatic rings. The minimum atomic E-state index is -4.80. The molecular weight excluding hydrogens is 699 g/mol. The van der Waals surface area contributed by atoms with Crippen molar-refractivity contribution in [3.05, 3.63) is 146 Å². The highest BCUT2D eigenvalue weighted by Gasteiger charge is 2.22. The third kappa shape index (κ3) is 40.7. The van der Waals surface area contributed by atoms with Gasteiger partial charge in [0.25, 0.3) is 0 Å². The van der Waals surface area contributed by atoms with Gasteiger partial charge in [0.15, 0.2) is 6.10 Å². The second-order valence-electron chi connectivity index (χ2n) is 11.9.